The van der Waals surface area contributed by atoms with E-state index in [1.165, 1.54) is 11.8 Å². The summed E-state index contributed by atoms with van der Waals surface area (Å²) in [5, 5.41) is 6.69. The van der Waals surface area contributed by atoms with E-state index in [-0.39, 0.29) is 18.4 Å². The number of fused-ring (bicyclic) bond motifs is 1. The van der Waals surface area contributed by atoms with Crippen LogP contribution in [-0.2, 0) is 9.53 Å². The van der Waals surface area contributed by atoms with Crippen LogP contribution >= 0.6 is 11.3 Å². The third-order valence-electron chi connectivity index (χ3n) is 3.92. The molecule has 0 amide bonds. The van der Waals surface area contributed by atoms with Crippen molar-refractivity contribution in [3.05, 3.63) is 59.5 Å². The summed E-state index contributed by atoms with van der Waals surface area (Å²) in [6.45, 7) is 0. The Morgan fingerprint density at radius 2 is 1.88 bits per heavy atom. The van der Waals surface area contributed by atoms with Gasteiger partial charge in [0.15, 0.2) is 0 Å². The quantitative estimate of drug-likeness (QED) is 0.664. The molecule has 5 heteroatoms. The number of benzene rings is 2. The zero-order valence-corrected chi connectivity index (χ0v) is 14.4. The van der Waals surface area contributed by atoms with E-state index in [0.29, 0.717) is 0 Å². The highest BCUT2D eigenvalue weighted by molar-refractivity contribution is 7.17. The molecule has 1 aromatic heterocycles. The maximum Gasteiger partial charge on any atom is 0.307 e. The summed E-state index contributed by atoms with van der Waals surface area (Å²) in [4.78, 5) is 11.9. The molecule has 1 heterocycles. The van der Waals surface area contributed by atoms with E-state index in [0.717, 1.165) is 22.4 Å². The highest BCUT2D eigenvalue weighted by Crippen LogP contribution is 2.35. The number of methoxy groups -OCH3 is 2. The lowest BCUT2D eigenvalue weighted by Crippen LogP contribution is -2.16. The first kappa shape index (κ1) is 16.3. The Balaban J connectivity index is 1.99. The van der Waals surface area contributed by atoms with Crippen LogP contribution < -0.4 is 10.1 Å². The van der Waals surface area contributed by atoms with Crippen LogP contribution in [0.25, 0.3) is 10.1 Å². The van der Waals surface area contributed by atoms with Crippen LogP contribution in [0, 0.1) is 0 Å². The molecule has 0 bridgehead atoms. The molecule has 3 rings (SSSR count). The molecule has 1 atom stereocenters. The molecule has 0 spiro atoms. The fourth-order valence-electron chi connectivity index (χ4n) is 2.71. The van der Waals surface area contributed by atoms with E-state index in [1.54, 1.807) is 18.4 Å². The molecule has 1 N–H and O–H groups in total. The summed E-state index contributed by atoms with van der Waals surface area (Å²) in [5.41, 5.74) is 1.94. The molecule has 0 fully saturated rings. The van der Waals surface area contributed by atoms with Crippen molar-refractivity contribution < 1.29 is 14.3 Å². The second-order valence-electron chi connectivity index (χ2n) is 5.36. The number of anilines is 1. The summed E-state index contributed by atoms with van der Waals surface area (Å²) in [7, 11) is 3.05. The summed E-state index contributed by atoms with van der Waals surface area (Å²) in [6.07, 6.45) is 0.245. The van der Waals surface area contributed by atoms with E-state index >= 15 is 0 Å². The number of para-hydroxylation sites is 2. The van der Waals surface area contributed by atoms with Crippen LogP contribution in [0.1, 0.15) is 18.0 Å². The van der Waals surface area contributed by atoms with Crippen molar-refractivity contribution in [2.45, 2.75) is 12.5 Å². The number of rotatable bonds is 6. The number of hydrogen-bond acceptors (Lipinski definition) is 5. The van der Waals surface area contributed by atoms with Gasteiger partial charge in [-0.1, -0.05) is 30.3 Å². The minimum absolute atomic E-state index is 0.190. The smallest absolute Gasteiger partial charge is 0.307 e. The molecule has 124 valence electrons. The average Bonchev–Trinajstić information content (AvgIpc) is 3.05. The fraction of sp³-hybridized carbons (Fsp3) is 0.211. The normalized spacial score (nSPS) is 11.9. The largest absolute Gasteiger partial charge is 0.495 e. The van der Waals surface area contributed by atoms with Gasteiger partial charge in [-0.3, -0.25) is 4.79 Å². The first-order valence-corrected chi connectivity index (χ1v) is 8.53. The second kappa shape index (κ2) is 7.36. The predicted octanol–water partition coefficient (Wildman–Crippen LogP) is 4.63. The Morgan fingerprint density at radius 3 is 2.67 bits per heavy atom. The van der Waals surface area contributed by atoms with E-state index in [4.69, 9.17) is 9.47 Å². The van der Waals surface area contributed by atoms with Crippen LogP contribution in [0.5, 0.6) is 5.75 Å². The van der Waals surface area contributed by atoms with E-state index in [1.807, 2.05) is 36.4 Å². The Kier molecular flexibility index (Phi) is 5.01. The first-order valence-electron chi connectivity index (χ1n) is 7.65. The summed E-state index contributed by atoms with van der Waals surface area (Å²) < 4.78 is 11.5. The fourth-order valence-corrected chi connectivity index (χ4v) is 3.72. The molecule has 3 aromatic rings. The van der Waals surface area contributed by atoms with Crippen molar-refractivity contribution in [2.75, 3.05) is 19.5 Å². The molecule has 0 saturated heterocycles. The molecular formula is C19H19NO3S. The van der Waals surface area contributed by atoms with Crippen LogP contribution in [0.4, 0.5) is 5.69 Å². The topological polar surface area (TPSA) is 47.6 Å². The molecule has 0 saturated carbocycles. The molecule has 0 aliphatic carbocycles. The maximum absolute atomic E-state index is 11.9. The first-order chi connectivity index (χ1) is 11.7. The van der Waals surface area contributed by atoms with Crippen molar-refractivity contribution >= 4 is 33.1 Å². The standard InChI is InChI=1S/C19H19NO3S/c1-22-17-9-5-4-8-15(17)20-16(11-19(21)23-2)14-12-24-18-10-6-3-7-13(14)18/h3-10,12,16,20H,11H2,1-2H3. The van der Waals surface area contributed by atoms with Crippen LogP contribution in [0.15, 0.2) is 53.9 Å². The Bertz CT molecular complexity index is 843. The zero-order chi connectivity index (χ0) is 16.9. The van der Waals surface area contributed by atoms with Gasteiger partial charge >= 0.3 is 5.97 Å². The molecule has 0 aliphatic heterocycles. The number of nitrogens with one attached hydrogen (secondary N) is 1. The van der Waals surface area contributed by atoms with E-state index in [9.17, 15) is 4.79 Å². The van der Waals surface area contributed by atoms with Gasteiger partial charge in [0.25, 0.3) is 0 Å². The monoisotopic (exact) mass is 341 g/mol. The number of carbonyl (C=O) groups excluding carboxylic acids is 1. The Hall–Kier alpha value is -2.53. The van der Waals surface area contributed by atoms with Crippen molar-refractivity contribution in [1.82, 2.24) is 0 Å². The molecule has 0 radical (unpaired) electrons. The lowest BCUT2D eigenvalue weighted by atomic mass is 10.0. The molecule has 4 nitrogen and oxygen atoms in total. The Labute approximate surface area is 145 Å². The van der Waals surface area contributed by atoms with Crippen LogP contribution in [0.3, 0.4) is 0 Å². The third kappa shape index (κ3) is 3.36. The minimum atomic E-state index is -0.252. The third-order valence-corrected chi connectivity index (χ3v) is 4.90. The minimum Gasteiger partial charge on any atom is -0.495 e. The number of hydrogen-bond donors (Lipinski definition) is 1. The lowest BCUT2D eigenvalue weighted by molar-refractivity contribution is -0.140. The van der Waals surface area contributed by atoms with Gasteiger partial charge in [0.2, 0.25) is 0 Å². The average molecular weight is 341 g/mol. The molecular weight excluding hydrogens is 322 g/mol. The van der Waals surface area contributed by atoms with E-state index < -0.39 is 0 Å². The summed E-state index contributed by atoms with van der Waals surface area (Å²) in [6, 6.07) is 15.7. The SMILES string of the molecule is COC(=O)CC(Nc1ccccc1OC)c1csc2ccccc12. The van der Waals surface area contributed by atoms with Crippen molar-refractivity contribution in [3.63, 3.8) is 0 Å². The number of esters is 1. The summed E-state index contributed by atoms with van der Waals surface area (Å²) in [5.74, 6) is 0.490. The molecule has 0 aliphatic rings. The zero-order valence-electron chi connectivity index (χ0n) is 13.6. The van der Waals surface area contributed by atoms with Gasteiger partial charge in [0, 0.05) is 4.70 Å². The Morgan fingerprint density at radius 1 is 1.12 bits per heavy atom. The number of thiophene rings is 1. The maximum atomic E-state index is 11.9. The van der Waals surface area contributed by atoms with Crippen LogP contribution in [-0.4, -0.2) is 20.2 Å². The van der Waals surface area contributed by atoms with Crippen molar-refractivity contribution in [2.24, 2.45) is 0 Å². The van der Waals surface area contributed by atoms with Gasteiger partial charge in [-0.05, 0) is 34.5 Å². The number of carbonyl (C=O) groups is 1. The van der Waals surface area contributed by atoms with Gasteiger partial charge in [-0.25, -0.2) is 0 Å². The second-order valence-corrected chi connectivity index (χ2v) is 6.28. The highest BCUT2D eigenvalue weighted by Gasteiger charge is 2.21. The summed E-state index contributed by atoms with van der Waals surface area (Å²) >= 11 is 1.67. The van der Waals surface area contributed by atoms with Crippen molar-refractivity contribution in [3.8, 4) is 5.75 Å². The van der Waals surface area contributed by atoms with E-state index in [2.05, 4.69) is 22.8 Å². The van der Waals surface area contributed by atoms with Crippen molar-refractivity contribution in [1.29, 1.82) is 0 Å². The molecule has 1 unspecified atom stereocenters. The molecule has 2 aromatic carbocycles. The lowest BCUT2D eigenvalue weighted by Gasteiger charge is -2.20. The predicted molar refractivity (Wildman–Crippen MR) is 97.8 cm³/mol. The number of ether oxygens (including phenoxy) is 2. The van der Waals surface area contributed by atoms with Gasteiger partial charge in [0.1, 0.15) is 5.75 Å². The van der Waals surface area contributed by atoms with Gasteiger partial charge < -0.3 is 14.8 Å². The highest BCUT2D eigenvalue weighted by atomic mass is 32.1. The van der Waals surface area contributed by atoms with Gasteiger partial charge in [-0.15, -0.1) is 11.3 Å². The van der Waals surface area contributed by atoms with Gasteiger partial charge in [-0.2, -0.15) is 0 Å². The van der Waals surface area contributed by atoms with Crippen LogP contribution in [0.2, 0.25) is 0 Å². The van der Waals surface area contributed by atoms with Gasteiger partial charge in [0.05, 0.1) is 32.4 Å². The molecule has 24 heavy (non-hydrogen) atoms.